The Hall–Kier alpha value is -3.50. The second kappa shape index (κ2) is 16.2. The Morgan fingerprint density at radius 3 is 2.36 bits per heavy atom. The fourth-order valence-corrected chi connectivity index (χ4v) is 8.67. The van der Waals surface area contributed by atoms with Crippen molar-refractivity contribution >= 4 is 29.2 Å². The van der Waals surface area contributed by atoms with Crippen LogP contribution in [0.1, 0.15) is 107 Å². The lowest BCUT2D eigenvalue weighted by Crippen LogP contribution is -2.43. The number of rotatable bonds is 9. The van der Waals surface area contributed by atoms with Crippen molar-refractivity contribution in [2.24, 2.45) is 11.8 Å². The van der Waals surface area contributed by atoms with Gasteiger partial charge >= 0.3 is 6.09 Å². The van der Waals surface area contributed by atoms with Crippen LogP contribution in [0.4, 0.5) is 10.6 Å². The molecule has 0 bridgehead atoms. The summed E-state index contributed by atoms with van der Waals surface area (Å²) in [6, 6.07) is 10.8. The molecule has 1 N–H and O–H groups in total. The third kappa shape index (κ3) is 9.04. The number of carbonyl (C=O) groups is 2. The molecule has 6 rings (SSSR count). The number of anilines is 1. The molecule has 3 heterocycles. The zero-order chi connectivity index (χ0) is 35.3. The lowest BCUT2D eigenvalue weighted by molar-refractivity contribution is -0.124. The number of alkyl carbamates (subject to hydrolysis) is 1. The van der Waals surface area contributed by atoms with Gasteiger partial charge in [-0.3, -0.25) is 9.69 Å². The Bertz CT molecular complexity index is 1600. The number of amides is 2. The van der Waals surface area contributed by atoms with E-state index in [4.69, 9.17) is 24.2 Å². The predicted octanol–water partition coefficient (Wildman–Crippen LogP) is 8.59. The molecule has 2 saturated carbocycles. The summed E-state index contributed by atoms with van der Waals surface area (Å²) in [5, 5.41) is 4.09. The third-order valence-electron chi connectivity index (χ3n) is 10.7. The number of nitrogens with zero attached hydrogens (tertiary/aromatic N) is 3. The third-order valence-corrected chi connectivity index (χ3v) is 12.2. The number of carbonyl (C=O) groups excluding carboxylic acids is 2. The monoisotopic (exact) mass is 702 g/mol. The molecule has 1 aromatic carbocycles. The second-order valence-electron chi connectivity index (χ2n) is 15.5. The van der Waals surface area contributed by atoms with Crippen LogP contribution in [0.25, 0.3) is 10.4 Å². The van der Waals surface area contributed by atoms with Crippen LogP contribution in [0.2, 0.25) is 0 Å². The summed E-state index contributed by atoms with van der Waals surface area (Å²) < 4.78 is 16.7. The first kappa shape index (κ1) is 36.3. The number of aryl methyl sites for hydroxylation is 1. The van der Waals surface area contributed by atoms with Crippen LogP contribution in [-0.2, 0) is 19.7 Å². The lowest BCUT2D eigenvalue weighted by atomic mass is 9.78. The van der Waals surface area contributed by atoms with Crippen molar-refractivity contribution in [1.29, 1.82) is 0 Å². The van der Waals surface area contributed by atoms with Gasteiger partial charge in [0.2, 0.25) is 5.91 Å². The fraction of sp³-hybridized carbons (Fsp3) is 0.600. The molecular formula is C40H54N4O5S. The number of hydrogen-bond acceptors (Lipinski definition) is 8. The van der Waals surface area contributed by atoms with Crippen LogP contribution in [0, 0.1) is 18.8 Å². The Labute approximate surface area is 301 Å². The molecule has 9 nitrogen and oxygen atoms in total. The fourth-order valence-electron chi connectivity index (χ4n) is 7.70. The molecule has 2 aliphatic carbocycles. The van der Waals surface area contributed by atoms with E-state index in [1.165, 1.54) is 11.1 Å². The van der Waals surface area contributed by atoms with E-state index in [1.54, 1.807) is 18.4 Å². The minimum absolute atomic E-state index is 0.0296. The van der Waals surface area contributed by atoms with Crippen LogP contribution >= 0.6 is 11.3 Å². The van der Waals surface area contributed by atoms with Crippen molar-refractivity contribution in [2.45, 2.75) is 115 Å². The molecule has 10 heteroatoms. The zero-order valence-electron chi connectivity index (χ0n) is 30.4. The van der Waals surface area contributed by atoms with Crippen LogP contribution in [-0.4, -0.2) is 61.0 Å². The summed E-state index contributed by atoms with van der Waals surface area (Å²) in [6.07, 6.45) is 11.9. The molecule has 3 fully saturated rings. The summed E-state index contributed by atoms with van der Waals surface area (Å²) in [6.45, 7) is 10.6. The van der Waals surface area contributed by atoms with E-state index in [2.05, 4.69) is 57.3 Å². The maximum atomic E-state index is 14.5. The number of hydrogen-bond donors (Lipinski definition) is 1. The van der Waals surface area contributed by atoms with Gasteiger partial charge in [-0.15, -0.1) is 11.3 Å². The van der Waals surface area contributed by atoms with Gasteiger partial charge in [-0.1, -0.05) is 32.9 Å². The van der Waals surface area contributed by atoms with Crippen LogP contribution in [0.3, 0.4) is 0 Å². The first-order chi connectivity index (χ1) is 24.1. The van der Waals surface area contributed by atoms with Gasteiger partial charge in [-0.25, -0.2) is 14.8 Å². The minimum Gasteiger partial charge on any atom is -0.496 e. The van der Waals surface area contributed by atoms with E-state index < -0.39 is 0 Å². The van der Waals surface area contributed by atoms with Gasteiger partial charge in [-0.05, 0) is 118 Å². The van der Waals surface area contributed by atoms with Gasteiger partial charge in [0, 0.05) is 49.5 Å². The molecule has 0 radical (unpaired) electrons. The maximum absolute atomic E-state index is 14.5. The average molecular weight is 703 g/mol. The highest BCUT2D eigenvalue weighted by atomic mass is 32.1. The van der Waals surface area contributed by atoms with Crippen LogP contribution < -0.4 is 15.0 Å². The molecule has 0 unspecified atom stereocenters. The molecule has 2 amide bonds. The van der Waals surface area contributed by atoms with E-state index in [9.17, 15) is 9.59 Å². The summed E-state index contributed by atoms with van der Waals surface area (Å²) >= 11 is 1.70. The molecule has 270 valence electrons. The first-order valence-corrected chi connectivity index (χ1v) is 19.3. The van der Waals surface area contributed by atoms with Gasteiger partial charge in [0.25, 0.3) is 0 Å². The summed E-state index contributed by atoms with van der Waals surface area (Å²) in [5.41, 5.74) is 3.55. The number of nitrogens with one attached hydrogen (secondary N) is 1. The Kier molecular flexibility index (Phi) is 11.8. The van der Waals surface area contributed by atoms with E-state index in [1.807, 2.05) is 23.4 Å². The Balaban J connectivity index is 1.14. The highest BCUT2D eigenvalue weighted by molar-refractivity contribution is 7.15. The molecular weight excluding hydrogens is 649 g/mol. The van der Waals surface area contributed by atoms with Crippen LogP contribution in [0.15, 0.2) is 42.7 Å². The number of thiazole rings is 1. The lowest BCUT2D eigenvalue weighted by Gasteiger charge is -2.36. The summed E-state index contributed by atoms with van der Waals surface area (Å²) in [4.78, 5) is 39.6. The van der Waals surface area contributed by atoms with Crippen molar-refractivity contribution in [1.82, 2.24) is 15.3 Å². The van der Waals surface area contributed by atoms with Gasteiger partial charge in [0.05, 0.1) is 17.0 Å². The Morgan fingerprint density at radius 2 is 1.70 bits per heavy atom. The molecule has 2 aromatic heterocycles. The van der Waals surface area contributed by atoms with E-state index in [0.29, 0.717) is 63.1 Å². The number of ether oxygens (including phenoxy) is 3. The highest BCUT2D eigenvalue weighted by Gasteiger charge is 2.34. The standard InChI is InChI=1S/C40H54N4O5S/c1-26-22-30(12-15-34(26)47-5)28-8-6-27(7-9-28)25-44(36-23-31(16-19-41-36)35-24-42-38(50-35)40(2,3)4)37(45)29-10-13-33(14-11-29)49-39(46)43-32-17-20-48-21-18-32/h12,15-16,19,22-24,27-29,32-33H,6-11,13-14,17-18,20-21,25H2,1-5H3,(H,43,46)/t27-,28-,29-,33-. The normalized spacial score (nSPS) is 23.2. The highest BCUT2D eigenvalue weighted by Crippen LogP contribution is 2.39. The van der Waals surface area contributed by atoms with E-state index in [-0.39, 0.29) is 35.5 Å². The molecule has 3 aromatic rings. The molecule has 1 aliphatic heterocycles. The SMILES string of the molecule is COc1ccc([C@H]2CC[C@H](CN(c3cc(-c4cnc(C(C)(C)C)s4)ccn3)C(=O)[C@H]3CC[C@H](OC(=O)NC4CCOCC4)CC3)CC2)cc1C. The second-order valence-corrected chi connectivity index (χ2v) is 16.5. The molecule has 3 aliphatic rings. The number of methoxy groups -OCH3 is 1. The number of aromatic nitrogens is 2. The van der Waals surface area contributed by atoms with Gasteiger partial charge in [0.15, 0.2) is 0 Å². The van der Waals surface area contributed by atoms with Gasteiger partial charge < -0.3 is 19.5 Å². The smallest absolute Gasteiger partial charge is 0.407 e. The zero-order valence-corrected chi connectivity index (χ0v) is 31.2. The summed E-state index contributed by atoms with van der Waals surface area (Å²) in [5.74, 6) is 2.55. The van der Waals surface area contributed by atoms with Crippen molar-refractivity contribution in [3.63, 3.8) is 0 Å². The van der Waals surface area contributed by atoms with Gasteiger partial charge in [0.1, 0.15) is 17.7 Å². The molecule has 0 spiro atoms. The Morgan fingerprint density at radius 1 is 0.960 bits per heavy atom. The predicted molar refractivity (Wildman–Crippen MR) is 198 cm³/mol. The molecule has 50 heavy (non-hydrogen) atoms. The molecule has 1 saturated heterocycles. The van der Waals surface area contributed by atoms with E-state index >= 15 is 0 Å². The van der Waals surface area contributed by atoms with E-state index in [0.717, 1.165) is 59.7 Å². The largest absolute Gasteiger partial charge is 0.496 e. The van der Waals surface area contributed by atoms with Crippen molar-refractivity contribution < 1.29 is 23.8 Å². The van der Waals surface area contributed by atoms with Gasteiger partial charge in [-0.2, -0.15) is 0 Å². The summed E-state index contributed by atoms with van der Waals surface area (Å²) in [7, 11) is 1.72. The van der Waals surface area contributed by atoms with Crippen molar-refractivity contribution in [3.8, 4) is 16.2 Å². The number of pyridine rings is 1. The topological polar surface area (TPSA) is 103 Å². The minimum atomic E-state index is -0.354. The average Bonchev–Trinajstić information content (AvgIpc) is 3.63. The van der Waals surface area contributed by atoms with Crippen molar-refractivity contribution in [2.75, 3.05) is 31.8 Å². The van der Waals surface area contributed by atoms with Crippen molar-refractivity contribution in [3.05, 3.63) is 58.9 Å². The quantitative estimate of drug-likeness (QED) is 0.238. The number of benzene rings is 1. The first-order valence-electron chi connectivity index (χ1n) is 18.5. The van der Waals surface area contributed by atoms with Crippen LogP contribution in [0.5, 0.6) is 5.75 Å². The maximum Gasteiger partial charge on any atom is 0.407 e. The molecule has 0 atom stereocenters.